The Labute approximate surface area is 132 Å². The highest BCUT2D eigenvalue weighted by atomic mass is 32.2. The standard InChI is InChI=1S/C9H12N6OS4/c1-2-3-17-8-12-7(20-15-8)11-5(16)4-18-9-14-13-6(10)19-9/h2-4H2,1H3,(H2,10,13)(H,11,12,15,16). The number of amides is 1. The zero-order valence-electron chi connectivity index (χ0n) is 10.5. The number of rotatable bonds is 7. The zero-order chi connectivity index (χ0) is 14.4. The van der Waals surface area contributed by atoms with E-state index < -0.39 is 0 Å². The van der Waals surface area contributed by atoms with Gasteiger partial charge in [0.05, 0.1) is 5.75 Å². The second-order valence-corrected chi connectivity index (χ2v) is 7.52. The van der Waals surface area contributed by atoms with Gasteiger partial charge in [-0.05, 0) is 6.42 Å². The summed E-state index contributed by atoms with van der Waals surface area (Å²) in [5.74, 6) is 1.07. The topological polar surface area (TPSA) is 107 Å². The molecule has 0 saturated carbocycles. The fourth-order valence-electron chi connectivity index (χ4n) is 1.07. The highest BCUT2D eigenvalue weighted by Gasteiger charge is 2.10. The Hall–Kier alpha value is -0.910. The van der Waals surface area contributed by atoms with Crippen LogP contribution in [0, 0.1) is 0 Å². The summed E-state index contributed by atoms with van der Waals surface area (Å²) in [7, 11) is 0. The van der Waals surface area contributed by atoms with Gasteiger partial charge in [-0.3, -0.25) is 10.1 Å². The molecule has 0 saturated heterocycles. The summed E-state index contributed by atoms with van der Waals surface area (Å²) in [5, 5.41) is 11.8. The van der Waals surface area contributed by atoms with Gasteiger partial charge in [0.15, 0.2) is 4.34 Å². The SMILES string of the molecule is CCCSc1nsc(NC(=O)CSc2nnc(N)s2)n1. The molecule has 0 atom stereocenters. The predicted octanol–water partition coefficient (Wildman–Crippen LogP) is 2.20. The molecular weight excluding hydrogens is 336 g/mol. The highest BCUT2D eigenvalue weighted by molar-refractivity contribution is 8.01. The molecule has 0 unspecified atom stereocenters. The highest BCUT2D eigenvalue weighted by Crippen LogP contribution is 2.24. The van der Waals surface area contributed by atoms with Crippen molar-refractivity contribution >= 4 is 62.6 Å². The summed E-state index contributed by atoms with van der Waals surface area (Å²) in [5.41, 5.74) is 5.46. The smallest absolute Gasteiger partial charge is 0.236 e. The van der Waals surface area contributed by atoms with E-state index in [0.717, 1.165) is 12.2 Å². The molecule has 0 bridgehead atoms. The van der Waals surface area contributed by atoms with Crippen molar-refractivity contribution < 1.29 is 4.79 Å². The van der Waals surface area contributed by atoms with Crippen LogP contribution >= 0.6 is 46.4 Å². The maximum absolute atomic E-state index is 11.7. The molecule has 0 aromatic carbocycles. The Morgan fingerprint density at radius 3 is 2.95 bits per heavy atom. The van der Waals surface area contributed by atoms with Crippen LogP contribution < -0.4 is 11.1 Å². The number of nitrogens with zero attached hydrogens (tertiary/aromatic N) is 4. The van der Waals surface area contributed by atoms with Crippen LogP contribution in [0.3, 0.4) is 0 Å². The van der Waals surface area contributed by atoms with Gasteiger partial charge in [0.25, 0.3) is 0 Å². The zero-order valence-corrected chi connectivity index (χ0v) is 13.8. The number of nitrogens with one attached hydrogen (secondary N) is 1. The molecule has 1 amide bonds. The van der Waals surface area contributed by atoms with Crippen molar-refractivity contribution in [2.24, 2.45) is 0 Å². The Morgan fingerprint density at radius 1 is 1.40 bits per heavy atom. The summed E-state index contributed by atoms with van der Waals surface area (Å²) in [6.07, 6.45) is 1.06. The van der Waals surface area contributed by atoms with E-state index >= 15 is 0 Å². The van der Waals surface area contributed by atoms with Gasteiger partial charge in [0, 0.05) is 17.3 Å². The number of aromatic nitrogens is 4. The molecule has 11 heteroatoms. The molecule has 0 aliphatic heterocycles. The number of thioether (sulfide) groups is 2. The summed E-state index contributed by atoms with van der Waals surface area (Å²) < 4.78 is 4.84. The van der Waals surface area contributed by atoms with Crippen LogP contribution in [0.2, 0.25) is 0 Å². The Balaban J connectivity index is 1.77. The molecule has 0 spiro atoms. The molecule has 0 fully saturated rings. The molecule has 2 aromatic rings. The van der Waals surface area contributed by atoms with E-state index in [0.29, 0.717) is 19.8 Å². The number of anilines is 2. The van der Waals surface area contributed by atoms with Crippen LogP contribution in [-0.2, 0) is 4.79 Å². The number of hydrogen-bond acceptors (Lipinski definition) is 10. The van der Waals surface area contributed by atoms with E-state index in [4.69, 9.17) is 5.73 Å². The van der Waals surface area contributed by atoms with E-state index in [9.17, 15) is 4.79 Å². The minimum Gasteiger partial charge on any atom is -0.374 e. The fraction of sp³-hybridized carbons (Fsp3) is 0.444. The molecular formula is C9H12N6OS4. The summed E-state index contributed by atoms with van der Waals surface area (Å²) in [6.45, 7) is 2.10. The number of carbonyl (C=O) groups excluding carboxylic acids is 1. The second-order valence-electron chi connectivity index (χ2n) is 3.47. The summed E-state index contributed by atoms with van der Waals surface area (Å²) in [4.78, 5) is 16.0. The number of hydrogen-bond donors (Lipinski definition) is 2. The van der Waals surface area contributed by atoms with Crippen LogP contribution in [-0.4, -0.2) is 37.0 Å². The lowest BCUT2D eigenvalue weighted by Crippen LogP contribution is -2.13. The molecule has 3 N–H and O–H groups in total. The van der Waals surface area contributed by atoms with Gasteiger partial charge in [-0.2, -0.15) is 9.36 Å². The van der Waals surface area contributed by atoms with Crippen LogP contribution in [0.15, 0.2) is 9.50 Å². The van der Waals surface area contributed by atoms with Gasteiger partial charge in [-0.1, -0.05) is 41.8 Å². The van der Waals surface area contributed by atoms with Gasteiger partial charge in [0.2, 0.25) is 21.3 Å². The minimum atomic E-state index is -0.146. The van der Waals surface area contributed by atoms with Crippen LogP contribution in [0.4, 0.5) is 10.3 Å². The van der Waals surface area contributed by atoms with Crippen molar-refractivity contribution in [1.29, 1.82) is 0 Å². The Bertz CT molecular complexity index is 570. The van der Waals surface area contributed by atoms with Gasteiger partial charge in [-0.15, -0.1) is 10.2 Å². The lowest BCUT2D eigenvalue weighted by molar-refractivity contribution is -0.113. The molecule has 0 aliphatic rings. The molecule has 7 nitrogen and oxygen atoms in total. The molecule has 108 valence electrons. The lowest BCUT2D eigenvalue weighted by Gasteiger charge is -1.98. The Morgan fingerprint density at radius 2 is 2.25 bits per heavy atom. The van der Waals surface area contributed by atoms with Crippen molar-refractivity contribution in [2.45, 2.75) is 22.8 Å². The monoisotopic (exact) mass is 348 g/mol. The van der Waals surface area contributed by atoms with E-state index in [2.05, 4.69) is 31.8 Å². The van der Waals surface area contributed by atoms with Gasteiger partial charge in [-0.25, -0.2) is 0 Å². The average Bonchev–Trinajstić information content (AvgIpc) is 3.03. The van der Waals surface area contributed by atoms with Crippen LogP contribution in [0.1, 0.15) is 13.3 Å². The first-order valence-corrected chi connectivity index (χ1v) is 9.21. The molecule has 0 aliphatic carbocycles. The quantitative estimate of drug-likeness (QED) is 0.733. The van der Waals surface area contributed by atoms with Gasteiger partial charge >= 0.3 is 0 Å². The van der Waals surface area contributed by atoms with E-state index in [1.165, 1.54) is 34.6 Å². The average molecular weight is 349 g/mol. The third kappa shape index (κ3) is 4.89. The van der Waals surface area contributed by atoms with E-state index in [-0.39, 0.29) is 11.7 Å². The van der Waals surface area contributed by atoms with Gasteiger partial charge in [0.1, 0.15) is 0 Å². The normalized spacial score (nSPS) is 10.7. The maximum Gasteiger partial charge on any atom is 0.236 e. The first-order chi connectivity index (χ1) is 9.67. The molecule has 2 aromatic heterocycles. The van der Waals surface area contributed by atoms with Crippen molar-refractivity contribution in [3.63, 3.8) is 0 Å². The number of nitrogen functional groups attached to an aromatic ring is 1. The van der Waals surface area contributed by atoms with E-state index in [1.54, 1.807) is 11.8 Å². The van der Waals surface area contributed by atoms with Crippen molar-refractivity contribution in [3.05, 3.63) is 0 Å². The lowest BCUT2D eigenvalue weighted by atomic mass is 10.6. The van der Waals surface area contributed by atoms with Crippen molar-refractivity contribution in [3.8, 4) is 0 Å². The predicted molar refractivity (Wildman–Crippen MR) is 84.6 cm³/mol. The first kappa shape index (κ1) is 15.5. The van der Waals surface area contributed by atoms with Crippen LogP contribution in [0.5, 0.6) is 0 Å². The third-order valence-corrected chi connectivity index (χ3v) is 5.52. The second kappa shape index (κ2) is 7.76. The summed E-state index contributed by atoms with van der Waals surface area (Å²) >= 11 is 5.32. The number of nitrogens with two attached hydrogens (primary N) is 1. The summed E-state index contributed by atoms with van der Waals surface area (Å²) in [6, 6.07) is 0. The largest absolute Gasteiger partial charge is 0.374 e. The number of carbonyl (C=O) groups is 1. The molecule has 2 rings (SSSR count). The molecule has 2 heterocycles. The minimum absolute atomic E-state index is 0.146. The maximum atomic E-state index is 11.7. The van der Waals surface area contributed by atoms with Crippen LogP contribution in [0.25, 0.3) is 0 Å². The van der Waals surface area contributed by atoms with Gasteiger partial charge < -0.3 is 5.73 Å². The first-order valence-electron chi connectivity index (χ1n) is 5.65. The van der Waals surface area contributed by atoms with Crippen molar-refractivity contribution in [2.75, 3.05) is 22.6 Å². The van der Waals surface area contributed by atoms with Crippen molar-refractivity contribution in [1.82, 2.24) is 19.6 Å². The fourth-order valence-corrected chi connectivity index (χ4v) is 3.93. The molecule has 20 heavy (non-hydrogen) atoms. The van der Waals surface area contributed by atoms with E-state index in [1.807, 2.05) is 0 Å². The third-order valence-electron chi connectivity index (χ3n) is 1.84. The Kier molecular flexibility index (Phi) is 6.01. The molecule has 0 radical (unpaired) electrons.